The molecule has 0 bridgehead atoms. The number of para-hydroxylation sites is 2. The van der Waals surface area contributed by atoms with E-state index in [0.29, 0.717) is 76.1 Å². The van der Waals surface area contributed by atoms with Gasteiger partial charge in [-0.2, -0.15) is 8.42 Å². The maximum absolute atomic E-state index is 14.3. The lowest BCUT2D eigenvalue weighted by molar-refractivity contribution is -0.118. The Morgan fingerprint density at radius 2 is 1.36 bits per heavy atom. The van der Waals surface area contributed by atoms with E-state index in [-0.39, 0.29) is 73.3 Å². The smallest absolute Gasteiger partial charge is 0.277 e. The fourth-order valence-electron chi connectivity index (χ4n) is 10.5. The number of methoxy groups -OCH3 is 2. The normalized spacial score (nSPS) is 17.4. The molecule has 0 spiro atoms. The highest BCUT2D eigenvalue weighted by Crippen LogP contribution is 2.45. The van der Waals surface area contributed by atoms with Crippen molar-refractivity contribution in [3.05, 3.63) is 124 Å². The van der Waals surface area contributed by atoms with Crippen molar-refractivity contribution in [3.63, 3.8) is 0 Å². The van der Waals surface area contributed by atoms with Gasteiger partial charge in [-0.05, 0) is 104 Å². The Kier molecular flexibility index (Phi) is 16.2. The van der Waals surface area contributed by atoms with E-state index in [1.807, 2.05) is 98.3 Å². The molecule has 402 valence electrons. The summed E-state index contributed by atoms with van der Waals surface area (Å²) in [6.07, 6.45) is 2.38. The van der Waals surface area contributed by atoms with Crippen LogP contribution in [0.25, 0.3) is 0 Å². The van der Waals surface area contributed by atoms with Crippen molar-refractivity contribution in [3.8, 4) is 23.0 Å². The third-order valence-electron chi connectivity index (χ3n) is 14.4. The molecule has 4 aliphatic heterocycles. The molecule has 2 N–H and O–H groups in total. The highest BCUT2D eigenvalue weighted by molar-refractivity contribution is 8.77. The Morgan fingerprint density at radius 3 is 1.97 bits per heavy atom. The summed E-state index contributed by atoms with van der Waals surface area (Å²) >= 11 is 0. The van der Waals surface area contributed by atoms with Gasteiger partial charge in [-0.1, -0.05) is 71.8 Å². The summed E-state index contributed by atoms with van der Waals surface area (Å²) in [6, 6.07) is 28.7. The molecule has 76 heavy (non-hydrogen) atoms. The molecule has 0 aromatic heterocycles. The molecule has 4 atom stereocenters. The molecule has 4 aliphatic rings. The highest BCUT2D eigenvalue weighted by atomic mass is 33.1. The summed E-state index contributed by atoms with van der Waals surface area (Å²) in [5, 5.41) is 5.16. The summed E-state index contributed by atoms with van der Waals surface area (Å²) < 4.78 is 54.2. The first kappa shape index (κ1) is 54.4. The lowest BCUT2D eigenvalue weighted by Crippen LogP contribution is -2.41. The van der Waals surface area contributed by atoms with E-state index in [1.165, 1.54) is 17.9 Å². The molecule has 0 aliphatic carbocycles. The van der Waals surface area contributed by atoms with Crippen LogP contribution in [-0.4, -0.2) is 101 Å². The number of Topliss-reactive ketones (excluding diaryl/α,β-unsaturated/α-hetero) is 1. The van der Waals surface area contributed by atoms with Crippen molar-refractivity contribution in [1.82, 2.24) is 0 Å². The number of benzene rings is 5. The minimum absolute atomic E-state index is 0.0324. The van der Waals surface area contributed by atoms with Gasteiger partial charge in [-0.25, -0.2) is 0 Å². The molecule has 2 unspecified atom stereocenters. The van der Waals surface area contributed by atoms with Gasteiger partial charge in [0.2, 0.25) is 5.91 Å². The fourth-order valence-corrected chi connectivity index (χ4v) is 14.5. The Labute approximate surface area is 453 Å². The number of anilines is 5. The molecule has 0 saturated carbocycles. The van der Waals surface area contributed by atoms with Crippen molar-refractivity contribution in [1.29, 1.82) is 0 Å². The van der Waals surface area contributed by atoms with Gasteiger partial charge in [-0.3, -0.25) is 23.4 Å². The van der Waals surface area contributed by atoms with Crippen LogP contribution < -0.4 is 44.3 Å². The minimum Gasteiger partial charge on any atom is -0.493 e. The SMILES string of the molecule is CCC(=O)C(CC(C)SSC(C)(C)CCC(=O)Nc1cc(COc2cc3c(cc2OC)C(=O)N2c4ccccc4C[C@H]2CN3)cc(COc2cc3c(cc2OC)C(=O)N2c4ccccc4C[C@H]2CN3C)c1)S(=O)(=O)OC. The maximum Gasteiger partial charge on any atom is 0.277 e. The van der Waals surface area contributed by atoms with E-state index in [2.05, 4.69) is 27.7 Å². The number of nitrogens with one attached hydrogen (secondary N) is 2. The largest absolute Gasteiger partial charge is 0.493 e. The molecule has 16 nitrogen and oxygen atoms in total. The van der Waals surface area contributed by atoms with Gasteiger partial charge in [0, 0.05) is 72.2 Å². The molecule has 0 radical (unpaired) electrons. The van der Waals surface area contributed by atoms with Crippen LogP contribution in [0, 0.1) is 0 Å². The van der Waals surface area contributed by atoms with Crippen LogP contribution in [0.5, 0.6) is 23.0 Å². The number of likely N-dealkylation sites (N-methyl/N-ethyl adjacent to an activating group) is 1. The molecule has 9 rings (SSSR count). The maximum atomic E-state index is 14.3. The number of ether oxygens (including phenoxy) is 4. The zero-order valence-electron chi connectivity index (χ0n) is 44.1. The predicted octanol–water partition coefficient (Wildman–Crippen LogP) is 9.86. The Bertz CT molecular complexity index is 3170. The Hall–Kier alpha value is -6.41. The molecule has 5 aromatic rings. The average Bonchev–Trinajstić information content (AvgIpc) is 3.92. The zero-order chi connectivity index (χ0) is 54.1. The third kappa shape index (κ3) is 11.5. The van der Waals surface area contributed by atoms with Crippen molar-refractivity contribution in [2.75, 3.05) is 66.8 Å². The second kappa shape index (κ2) is 22.7. The number of carbonyl (C=O) groups is 4. The lowest BCUT2D eigenvalue weighted by Gasteiger charge is -2.26. The summed E-state index contributed by atoms with van der Waals surface area (Å²) in [5.74, 6) is 0.828. The Morgan fingerprint density at radius 1 is 0.776 bits per heavy atom. The number of ketones is 1. The van der Waals surface area contributed by atoms with E-state index in [1.54, 1.807) is 43.0 Å². The van der Waals surface area contributed by atoms with Crippen molar-refractivity contribution in [2.24, 2.45) is 0 Å². The van der Waals surface area contributed by atoms with Gasteiger partial charge in [0.25, 0.3) is 21.9 Å². The summed E-state index contributed by atoms with van der Waals surface area (Å²) in [4.78, 5) is 60.7. The van der Waals surface area contributed by atoms with Gasteiger partial charge < -0.3 is 44.3 Å². The number of hydrogen-bond donors (Lipinski definition) is 2. The fraction of sp³-hybridized carbons (Fsp3) is 0.404. The molecule has 5 aromatic carbocycles. The predicted molar refractivity (Wildman–Crippen MR) is 301 cm³/mol. The average molecular weight is 1090 g/mol. The molecule has 19 heteroatoms. The summed E-state index contributed by atoms with van der Waals surface area (Å²) in [6.45, 7) is 8.87. The summed E-state index contributed by atoms with van der Waals surface area (Å²) in [5.41, 5.74) is 8.42. The molecule has 4 heterocycles. The minimum atomic E-state index is -4.04. The topological polar surface area (TPSA) is 182 Å². The van der Waals surface area contributed by atoms with Crippen molar-refractivity contribution >= 4 is 83.6 Å². The van der Waals surface area contributed by atoms with E-state index in [4.69, 9.17) is 23.1 Å². The van der Waals surface area contributed by atoms with Crippen molar-refractivity contribution in [2.45, 2.75) is 107 Å². The number of hydrogen-bond acceptors (Lipinski definition) is 15. The first-order chi connectivity index (χ1) is 36.4. The first-order valence-corrected chi connectivity index (χ1v) is 29.2. The molecule has 0 fully saturated rings. The van der Waals surface area contributed by atoms with Gasteiger partial charge >= 0.3 is 0 Å². The van der Waals surface area contributed by atoms with Crippen LogP contribution in [0.2, 0.25) is 0 Å². The summed E-state index contributed by atoms with van der Waals surface area (Å²) in [7, 11) is 5.12. The van der Waals surface area contributed by atoms with E-state index in [0.717, 1.165) is 48.1 Å². The second-order valence-electron chi connectivity index (χ2n) is 20.3. The highest BCUT2D eigenvalue weighted by Gasteiger charge is 2.41. The number of carbonyl (C=O) groups excluding carboxylic acids is 4. The van der Waals surface area contributed by atoms with Crippen LogP contribution in [0.3, 0.4) is 0 Å². The number of fused-ring (bicyclic) bond motifs is 8. The van der Waals surface area contributed by atoms with Crippen LogP contribution in [0.1, 0.15) is 96.3 Å². The van der Waals surface area contributed by atoms with Crippen LogP contribution >= 0.6 is 21.6 Å². The number of rotatable bonds is 21. The molecule has 3 amide bonds. The van der Waals surface area contributed by atoms with E-state index in [9.17, 15) is 27.6 Å². The number of nitrogens with zero attached hydrogens (tertiary/aromatic N) is 3. The number of amides is 3. The van der Waals surface area contributed by atoms with Gasteiger partial charge in [0.05, 0.1) is 55.9 Å². The van der Waals surface area contributed by atoms with Crippen LogP contribution in [0.4, 0.5) is 28.4 Å². The third-order valence-corrected chi connectivity index (χ3v) is 19.9. The van der Waals surface area contributed by atoms with E-state index < -0.39 is 20.1 Å². The second-order valence-corrected chi connectivity index (χ2v) is 25.5. The van der Waals surface area contributed by atoms with Gasteiger partial charge in [-0.15, -0.1) is 0 Å². The lowest BCUT2D eigenvalue weighted by atomic mass is 10.1. The van der Waals surface area contributed by atoms with Crippen LogP contribution in [0.15, 0.2) is 91.0 Å². The first-order valence-electron chi connectivity index (χ1n) is 25.5. The van der Waals surface area contributed by atoms with Gasteiger partial charge in [0.1, 0.15) is 18.5 Å². The van der Waals surface area contributed by atoms with Crippen LogP contribution in [-0.2, 0) is 49.9 Å². The Balaban J connectivity index is 0.936. The monoisotopic (exact) mass is 1090 g/mol. The zero-order valence-corrected chi connectivity index (χ0v) is 46.5. The molecular formula is C57H65N5O11S3. The van der Waals surface area contributed by atoms with E-state index >= 15 is 0 Å². The van der Waals surface area contributed by atoms with Gasteiger partial charge in [0.15, 0.2) is 28.8 Å². The van der Waals surface area contributed by atoms with Crippen molar-refractivity contribution < 1.29 is 50.7 Å². The molecule has 0 saturated heterocycles. The molecular weight excluding hydrogens is 1030 g/mol. The standard InChI is InChI=1S/C57H65N5O11S3/c1-9-48(63)53(76(67,68)71-8)20-34(2)74-75-57(3,4)19-18-54(64)59-39-22-35(32-72-51-28-44-42(26-49(51)69-6)55(65)61-40(30-58-44)24-37-14-10-12-16-45(37)61)21-36(23-39)33-73-52-29-47-43(27-50(52)70-7)56(66)62-41(31-60(47)5)25-38-15-11-13-17-46(38)62/h10-17,21-23,26-29,34,40-41,53,58H,9,18-20,24-25,30-33H2,1-8H3,(H,59,64)/t34?,40-,41-,53?/m0/s1. The quantitative estimate of drug-likeness (QED) is 0.0523.